The molecule has 136 valence electrons. The van der Waals surface area contributed by atoms with Crippen LogP contribution in [0.3, 0.4) is 0 Å². The van der Waals surface area contributed by atoms with Crippen LogP contribution in [0.25, 0.3) is 0 Å². The Hall–Kier alpha value is -2.76. The van der Waals surface area contributed by atoms with Crippen molar-refractivity contribution in [3.8, 4) is 11.5 Å². The van der Waals surface area contributed by atoms with Crippen molar-refractivity contribution in [3.63, 3.8) is 0 Å². The molecule has 1 amide bonds. The number of benzene rings is 1. The molecule has 1 aromatic carbocycles. The van der Waals surface area contributed by atoms with Gasteiger partial charge in [0, 0.05) is 18.6 Å². The molecule has 0 aliphatic carbocycles. The molecule has 0 saturated carbocycles. The van der Waals surface area contributed by atoms with E-state index in [2.05, 4.69) is 23.9 Å². The van der Waals surface area contributed by atoms with Crippen LogP contribution in [0.1, 0.15) is 32.3 Å². The molecule has 0 saturated heterocycles. The fourth-order valence-corrected chi connectivity index (χ4v) is 2.01. The van der Waals surface area contributed by atoms with Crippen LogP contribution in [0.2, 0.25) is 0 Å². The Morgan fingerprint density at radius 2 is 1.92 bits per heavy atom. The molecule has 25 heavy (non-hydrogen) atoms. The largest absolute Gasteiger partial charge is 0.508 e. The van der Waals surface area contributed by atoms with E-state index < -0.39 is 11.9 Å². The zero-order valence-electron chi connectivity index (χ0n) is 14.8. The molecule has 0 aliphatic rings. The van der Waals surface area contributed by atoms with Crippen molar-refractivity contribution in [2.45, 2.75) is 33.1 Å². The zero-order chi connectivity index (χ0) is 18.8. The molecule has 3 N–H and O–H groups in total. The third-order valence-electron chi connectivity index (χ3n) is 3.38. The van der Waals surface area contributed by atoms with Gasteiger partial charge in [-0.1, -0.05) is 32.1 Å². The summed E-state index contributed by atoms with van der Waals surface area (Å²) in [5.41, 5.74) is 0.595. The predicted molar refractivity (Wildman–Crippen MR) is 96.5 cm³/mol. The van der Waals surface area contributed by atoms with E-state index in [-0.39, 0.29) is 30.0 Å². The van der Waals surface area contributed by atoms with Gasteiger partial charge in [0.2, 0.25) is 5.91 Å². The Labute approximate surface area is 147 Å². The van der Waals surface area contributed by atoms with E-state index in [0.717, 1.165) is 12.5 Å². The fourth-order valence-electron chi connectivity index (χ4n) is 2.01. The summed E-state index contributed by atoms with van der Waals surface area (Å²) in [7, 11) is 1.28. The summed E-state index contributed by atoms with van der Waals surface area (Å²) in [4.78, 5) is 23.1. The molecule has 6 nitrogen and oxygen atoms in total. The molecule has 0 aromatic heterocycles. The number of phenols is 2. The number of phenolic OH excluding ortho intramolecular Hbond substituents is 2. The average Bonchev–Trinajstić information content (AvgIpc) is 2.55. The van der Waals surface area contributed by atoms with Gasteiger partial charge in [-0.2, -0.15) is 0 Å². The number of carbonyl (C=O) groups is 2. The minimum Gasteiger partial charge on any atom is -0.508 e. The Morgan fingerprint density at radius 1 is 1.20 bits per heavy atom. The maximum absolute atomic E-state index is 11.9. The normalized spacial score (nSPS) is 11.4. The van der Waals surface area contributed by atoms with Gasteiger partial charge in [-0.3, -0.25) is 9.59 Å². The summed E-state index contributed by atoms with van der Waals surface area (Å²) in [6.45, 7) is 4.21. The Balaban J connectivity index is 2.73. The summed E-state index contributed by atoms with van der Waals surface area (Å²) in [6.07, 6.45) is 7.96. The number of hydrogen-bond donors (Lipinski definition) is 3. The maximum Gasteiger partial charge on any atom is 0.305 e. The van der Waals surface area contributed by atoms with E-state index in [9.17, 15) is 19.8 Å². The Morgan fingerprint density at radius 3 is 2.56 bits per heavy atom. The van der Waals surface area contributed by atoms with Gasteiger partial charge < -0.3 is 20.3 Å². The Kier molecular flexibility index (Phi) is 8.26. The highest BCUT2D eigenvalue weighted by atomic mass is 16.5. The van der Waals surface area contributed by atoms with E-state index in [4.69, 9.17) is 0 Å². The van der Waals surface area contributed by atoms with Crippen molar-refractivity contribution in [2.75, 3.05) is 12.4 Å². The molecule has 0 heterocycles. The topological polar surface area (TPSA) is 95.9 Å². The van der Waals surface area contributed by atoms with E-state index in [1.54, 1.807) is 12.2 Å². The number of anilines is 1. The van der Waals surface area contributed by atoms with Crippen molar-refractivity contribution < 1.29 is 24.5 Å². The number of esters is 1. The lowest BCUT2D eigenvalue weighted by molar-refractivity contribution is -0.140. The number of methoxy groups -OCH3 is 1. The molecule has 0 bridgehead atoms. The predicted octanol–water partition coefficient (Wildman–Crippen LogP) is 3.30. The molecule has 0 spiro atoms. The molecule has 0 atom stereocenters. The van der Waals surface area contributed by atoms with E-state index in [1.165, 1.54) is 19.3 Å². The zero-order valence-corrected chi connectivity index (χ0v) is 14.8. The molecule has 1 rings (SSSR count). The second-order valence-electron chi connectivity index (χ2n) is 5.98. The van der Waals surface area contributed by atoms with Gasteiger partial charge in [0.15, 0.2) is 0 Å². The minimum atomic E-state index is -0.408. The maximum atomic E-state index is 11.9. The number of aromatic hydroxyl groups is 2. The van der Waals surface area contributed by atoms with Crippen LogP contribution >= 0.6 is 0 Å². The molecule has 1 aromatic rings. The number of ether oxygens (including phenoxy) is 1. The number of allylic oxidation sites excluding steroid dienone is 3. The fraction of sp³-hybridized carbons (Fsp3) is 0.368. The highest BCUT2D eigenvalue weighted by Crippen LogP contribution is 2.32. The van der Waals surface area contributed by atoms with E-state index >= 15 is 0 Å². The lowest BCUT2D eigenvalue weighted by atomic mass is 10.1. The second kappa shape index (κ2) is 10.2. The van der Waals surface area contributed by atoms with Crippen LogP contribution in [-0.2, 0) is 20.7 Å². The first kappa shape index (κ1) is 20.3. The first-order chi connectivity index (χ1) is 11.8. The molecule has 0 unspecified atom stereocenters. The molecular weight excluding hydrogens is 322 g/mol. The molecule has 0 aliphatic heterocycles. The molecule has 0 radical (unpaired) electrons. The van der Waals surface area contributed by atoms with Crippen LogP contribution in [0, 0.1) is 5.92 Å². The summed E-state index contributed by atoms with van der Waals surface area (Å²) in [6, 6.07) is 2.57. The van der Waals surface area contributed by atoms with Gasteiger partial charge in [0.1, 0.15) is 11.5 Å². The highest BCUT2D eigenvalue weighted by Gasteiger charge is 2.12. The third kappa shape index (κ3) is 7.56. The van der Waals surface area contributed by atoms with Gasteiger partial charge in [0.05, 0.1) is 12.8 Å². The number of carbonyl (C=O) groups excluding carboxylic acids is 2. The summed E-state index contributed by atoms with van der Waals surface area (Å²) >= 11 is 0. The van der Waals surface area contributed by atoms with Gasteiger partial charge in [-0.15, -0.1) is 0 Å². The number of hydrogen-bond acceptors (Lipinski definition) is 5. The van der Waals surface area contributed by atoms with Crippen molar-refractivity contribution in [2.24, 2.45) is 5.92 Å². The van der Waals surface area contributed by atoms with Crippen LogP contribution in [0.4, 0.5) is 5.69 Å². The number of rotatable bonds is 8. The van der Waals surface area contributed by atoms with E-state index in [1.807, 2.05) is 6.08 Å². The van der Waals surface area contributed by atoms with E-state index in [0.29, 0.717) is 11.5 Å². The quantitative estimate of drug-likeness (QED) is 0.220. The monoisotopic (exact) mass is 347 g/mol. The van der Waals surface area contributed by atoms with Crippen molar-refractivity contribution in [1.29, 1.82) is 0 Å². The smallest absolute Gasteiger partial charge is 0.305 e. The summed E-state index contributed by atoms with van der Waals surface area (Å²) < 4.78 is 4.55. The van der Waals surface area contributed by atoms with Crippen LogP contribution < -0.4 is 5.32 Å². The highest BCUT2D eigenvalue weighted by molar-refractivity contribution is 6.00. The molecule has 0 fully saturated rings. The summed E-state index contributed by atoms with van der Waals surface area (Å²) in [5, 5.41) is 22.2. The average molecular weight is 347 g/mol. The van der Waals surface area contributed by atoms with Crippen molar-refractivity contribution in [3.05, 3.63) is 42.0 Å². The van der Waals surface area contributed by atoms with Gasteiger partial charge in [0.25, 0.3) is 0 Å². The number of amides is 1. The lowest BCUT2D eigenvalue weighted by Crippen LogP contribution is -2.08. The van der Waals surface area contributed by atoms with Crippen molar-refractivity contribution in [1.82, 2.24) is 0 Å². The minimum absolute atomic E-state index is 0.0861. The first-order valence-corrected chi connectivity index (χ1v) is 8.09. The van der Waals surface area contributed by atoms with Crippen LogP contribution in [0.15, 0.2) is 36.4 Å². The molecular formula is C19H25NO5. The SMILES string of the molecule is COC(=O)CCc1cc(NC(=O)/C=C/C=C/CC(C)C)c(O)cc1O. The van der Waals surface area contributed by atoms with Gasteiger partial charge in [-0.05, 0) is 30.4 Å². The van der Waals surface area contributed by atoms with Crippen LogP contribution in [0.5, 0.6) is 11.5 Å². The van der Waals surface area contributed by atoms with Gasteiger partial charge >= 0.3 is 5.97 Å². The number of aryl methyl sites for hydroxylation is 1. The number of nitrogens with one attached hydrogen (secondary N) is 1. The Bertz CT molecular complexity index is 662. The first-order valence-electron chi connectivity index (χ1n) is 8.09. The third-order valence-corrected chi connectivity index (χ3v) is 3.38. The molecule has 6 heteroatoms. The standard InChI is InChI=1S/C19H25NO5/c1-13(2)7-5-4-6-8-18(23)20-15-11-14(9-10-19(24)25-3)16(21)12-17(15)22/h4-6,8,11-13,21-22H,7,9-10H2,1-3H3,(H,20,23)/b5-4+,8-6+. The second-order valence-corrected chi connectivity index (χ2v) is 5.98. The van der Waals surface area contributed by atoms with Crippen molar-refractivity contribution >= 4 is 17.6 Å². The van der Waals surface area contributed by atoms with Crippen LogP contribution in [-0.4, -0.2) is 29.2 Å². The summed E-state index contributed by atoms with van der Waals surface area (Å²) in [5.74, 6) is -0.665. The van der Waals surface area contributed by atoms with Gasteiger partial charge in [-0.25, -0.2) is 0 Å². The lowest BCUT2D eigenvalue weighted by Gasteiger charge is -2.10.